The van der Waals surface area contributed by atoms with E-state index in [0.717, 1.165) is 138 Å². The highest BCUT2D eigenvalue weighted by Crippen LogP contribution is 2.40. The van der Waals surface area contributed by atoms with Gasteiger partial charge in [-0.2, -0.15) is 0 Å². The minimum atomic E-state index is 0.597. The van der Waals surface area contributed by atoms with E-state index in [1.54, 1.807) is 0 Å². The van der Waals surface area contributed by atoms with E-state index in [0.29, 0.717) is 6.61 Å². The van der Waals surface area contributed by atoms with Gasteiger partial charge in [-0.3, -0.25) is 0 Å². The predicted octanol–water partition coefficient (Wildman–Crippen LogP) is 14.0. The first-order valence-electron chi connectivity index (χ1n) is 21.7. The highest BCUT2D eigenvalue weighted by atomic mass is 16.5. The number of aryl methyl sites for hydroxylation is 1. The number of rotatable bonds is 11. The second kappa shape index (κ2) is 16.8. The van der Waals surface area contributed by atoms with Crippen LogP contribution in [0.5, 0.6) is 5.75 Å². The minimum Gasteiger partial charge on any atom is -0.493 e. The number of aromatic nitrogens is 6. The summed E-state index contributed by atoms with van der Waals surface area (Å²) in [6.07, 6.45) is 12.4. The Labute approximate surface area is 365 Å². The molecule has 0 radical (unpaired) electrons. The van der Waals surface area contributed by atoms with Crippen molar-refractivity contribution >= 4 is 57.4 Å². The van der Waals surface area contributed by atoms with Crippen molar-refractivity contribution in [2.45, 2.75) is 25.7 Å². The number of aromatic amines is 3. The molecule has 0 unspecified atom stereocenters. The van der Waals surface area contributed by atoms with E-state index >= 15 is 0 Å². The maximum Gasteiger partial charge on any atom is 0.127 e. The lowest BCUT2D eigenvalue weighted by Crippen LogP contribution is -2.00. The molecule has 8 bridgehead atoms. The second-order valence-electron chi connectivity index (χ2n) is 16.0. The highest BCUT2D eigenvalue weighted by Gasteiger charge is 2.20. The molecule has 63 heavy (non-hydrogen) atoms. The van der Waals surface area contributed by atoms with Crippen molar-refractivity contribution in [2.75, 3.05) is 6.61 Å². The van der Waals surface area contributed by atoms with Crippen LogP contribution in [-0.4, -0.2) is 36.5 Å². The third-order valence-corrected chi connectivity index (χ3v) is 11.9. The van der Waals surface area contributed by atoms with Gasteiger partial charge in [-0.05, 0) is 103 Å². The number of imidazole rings is 1. The van der Waals surface area contributed by atoms with Crippen LogP contribution in [0.1, 0.15) is 47.9 Å². The van der Waals surface area contributed by atoms with Gasteiger partial charge in [-0.1, -0.05) is 121 Å². The van der Waals surface area contributed by atoms with E-state index in [1.807, 2.05) is 18.2 Å². The molecule has 0 amide bonds. The smallest absolute Gasteiger partial charge is 0.127 e. The van der Waals surface area contributed by atoms with Crippen molar-refractivity contribution in [3.05, 3.63) is 192 Å². The lowest BCUT2D eigenvalue weighted by Gasteiger charge is -2.13. The molecule has 2 aliphatic rings. The van der Waals surface area contributed by atoms with Crippen LogP contribution in [0.15, 0.2) is 164 Å². The van der Waals surface area contributed by atoms with Crippen molar-refractivity contribution in [1.29, 1.82) is 0 Å². The number of H-pyrrole nitrogens is 3. The standard InChI is InChI=1S/C56H44N6O/c1-5-17-37(18-6-1)53-43-28-30-45(57-43)54(38-19-7-2-8-20-38)47-32-34-49(59-47)56(50-35-33-48(60-50)55(39-21-9-3-10-22-39)46-31-29-44(53)58-46)40-23-12-15-26-51(40)63-36-16-4-11-27-52-61-41-24-13-14-25-42(41)62-52/h1-3,5-10,12-15,17-26,28-35,57,60H,4,11,16,27,36H2,(H,61,62). The number of unbranched alkanes of at least 4 members (excludes halogenated alkanes) is 2. The average Bonchev–Trinajstić information content (AvgIpc) is 4.20. The van der Waals surface area contributed by atoms with Crippen LogP contribution in [0.4, 0.5) is 0 Å². The maximum absolute atomic E-state index is 6.68. The third-order valence-electron chi connectivity index (χ3n) is 11.9. The van der Waals surface area contributed by atoms with Gasteiger partial charge >= 0.3 is 0 Å². The fourth-order valence-electron chi connectivity index (χ4n) is 8.89. The Morgan fingerprint density at radius 2 is 0.825 bits per heavy atom. The topological polar surface area (TPSA) is 95.3 Å². The average molecular weight is 817 g/mol. The van der Waals surface area contributed by atoms with E-state index in [1.165, 1.54) is 0 Å². The first-order valence-corrected chi connectivity index (χ1v) is 21.7. The normalized spacial score (nSPS) is 12.0. The van der Waals surface area contributed by atoms with Crippen LogP contribution in [0.2, 0.25) is 0 Å². The Balaban J connectivity index is 1.08. The zero-order valence-electron chi connectivity index (χ0n) is 34.7. The van der Waals surface area contributed by atoms with E-state index in [-0.39, 0.29) is 0 Å². The Morgan fingerprint density at radius 1 is 0.365 bits per heavy atom. The summed E-state index contributed by atoms with van der Waals surface area (Å²) in [5.41, 5.74) is 17.6. The Kier molecular flexibility index (Phi) is 10.1. The Morgan fingerprint density at radius 3 is 1.37 bits per heavy atom. The number of para-hydroxylation sites is 3. The van der Waals surface area contributed by atoms with Crippen molar-refractivity contribution < 1.29 is 4.74 Å². The van der Waals surface area contributed by atoms with E-state index in [4.69, 9.17) is 19.7 Å². The third kappa shape index (κ3) is 7.55. The molecule has 4 aromatic heterocycles. The maximum atomic E-state index is 6.68. The first kappa shape index (κ1) is 37.9. The molecule has 7 heteroatoms. The number of fused-ring (bicyclic) bond motifs is 9. The summed E-state index contributed by atoms with van der Waals surface area (Å²) in [7, 11) is 0. The van der Waals surface area contributed by atoms with Crippen LogP contribution in [0.25, 0.3) is 102 Å². The summed E-state index contributed by atoms with van der Waals surface area (Å²) in [6, 6.07) is 56.8. The molecule has 11 rings (SSSR count). The molecule has 9 aromatic rings. The zero-order chi connectivity index (χ0) is 42.0. The zero-order valence-corrected chi connectivity index (χ0v) is 34.7. The molecule has 0 saturated heterocycles. The summed E-state index contributed by atoms with van der Waals surface area (Å²) in [5.74, 6) is 1.85. The van der Waals surface area contributed by atoms with Gasteiger partial charge in [0.25, 0.3) is 0 Å². The summed E-state index contributed by atoms with van der Waals surface area (Å²) < 4.78 is 6.68. The summed E-state index contributed by atoms with van der Waals surface area (Å²) in [4.78, 5) is 26.9. The molecule has 5 aromatic carbocycles. The molecule has 3 N–H and O–H groups in total. The van der Waals surface area contributed by atoms with Crippen LogP contribution >= 0.6 is 0 Å². The lowest BCUT2D eigenvalue weighted by molar-refractivity contribution is 0.306. The van der Waals surface area contributed by atoms with Gasteiger partial charge < -0.3 is 19.7 Å². The fourth-order valence-corrected chi connectivity index (χ4v) is 8.89. The highest BCUT2D eigenvalue weighted by molar-refractivity contribution is 6.00. The minimum absolute atomic E-state index is 0.597. The number of nitrogens with zero attached hydrogens (tertiary/aromatic N) is 3. The summed E-state index contributed by atoms with van der Waals surface area (Å²) in [5, 5.41) is 0. The molecule has 0 fully saturated rings. The summed E-state index contributed by atoms with van der Waals surface area (Å²) in [6.45, 7) is 0.597. The van der Waals surface area contributed by atoms with Gasteiger partial charge in [0.15, 0.2) is 0 Å². The molecular weight excluding hydrogens is 773 g/mol. The van der Waals surface area contributed by atoms with Gasteiger partial charge in [0.1, 0.15) is 11.6 Å². The molecule has 304 valence electrons. The van der Waals surface area contributed by atoms with Gasteiger partial charge in [0.2, 0.25) is 0 Å². The Hall–Kier alpha value is -8.03. The summed E-state index contributed by atoms with van der Waals surface area (Å²) >= 11 is 0. The van der Waals surface area contributed by atoms with Gasteiger partial charge in [-0.25, -0.2) is 15.0 Å². The van der Waals surface area contributed by atoms with Gasteiger partial charge in [-0.15, -0.1) is 0 Å². The molecule has 0 spiro atoms. The second-order valence-corrected chi connectivity index (χ2v) is 16.0. The number of nitrogens with one attached hydrogen (secondary N) is 3. The van der Waals surface area contributed by atoms with E-state index in [9.17, 15) is 0 Å². The SMILES string of the molecule is C1=Cc2nc1c(-c1ccccc1)c1ccc([nH]1)c(-c1ccccc1)c1nc(c(-c3ccccc3OCCCCCc3nc4ccccc4[nH]3)c3ccc([nH]3)c2-c2ccccc2)C=C1. The fraction of sp³-hybridized carbons (Fsp3) is 0.0893. The number of ether oxygens (including phenoxy) is 1. The van der Waals surface area contributed by atoms with Crippen molar-refractivity contribution in [2.24, 2.45) is 0 Å². The lowest BCUT2D eigenvalue weighted by atomic mass is 10.0. The largest absolute Gasteiger partial charge is 0.493 e. The monoisotopic (exact) mass is 816 g/mol. The van der Waals surface area contributed by atoms with Gasteiger partial charge in [0, 0.05) is 56.3 Å². The van der Waals surface area contributed by atoms with E-state index < -0.39 is 0 Å². The van der Waals surface area contributed by atoms with Crippen molar-refractivity contribution in [1.82, 2.24) is 29.9 Å². The van der Waals surface area contributed by atoms with Crippen molar-refractivity contribution in [3.63, 3.8) is 0 Å². The van der Waals surface area contributed by atoms with E-state index in [2.05, 4.69) is 185 Å². The molecule has 2 aliphatic heterocycles. The van der Waals surface area contributed by atoms with Gasteiger partial charge in [0.05, 0.1) is 40.4 Å². The van der Waals surface area contributed by atoms with Crippen molar-refractivity contribution in [3.8, 4) is 50.3 Å². The predicted molar refractivity (Wildman–Crippen MR) is 260 cm³/mol. The van der Waals surface area contributed by atoms with Crippen LogP contribution in [0.3, 0.4) is 0 Å². The number of hydrogen-bond donors (Lipinski definition) is 3. The van der Waals surface area contributed by atoms with Crippen LogP contribution < -0.4 is 4.74 Å². The molecule has 7 nitrogen and oxygen atoms in total. The molecule has 0 aliphatic carbocycles. The molecule has 0 atom stereocenters. The molecular formula is C56H44N6O. The molecule has 6 heterocycles. The quantitative estimate of drug-likeness (QED) is 0.113. The number of benzene rings is 5. The van der Waals surface area contributed by atoms with Crippen LogP contribution in [-0.2, 0) is 6.42 Å². The first-order chi connectivity index (χ1) is 31.2. The molecule has 0 saturated carbocycles. The Bertz CT molecular complexity index is 3270. The van der Waals surface area contributed by atoms with Crippen LogP contribution in [0, 0.1) is 0 Å². The number of hydrogen-bond acceptors (Lipinski definition) is 4.